The third-order valence-electron chi connectivity index (χ3n) is 3.48. The van der Waals surface area contributed by atoms with Crippen molar-refractivity contribution in [1.82, 2.24) is 20.0 Å². The van der Waals surface area contributed by atoms with Gasteiger partial charge in [-0.15, -0.1) is 5.10 Å². The van der Waals surface area contributed by atoms with E-state index in [1.165, 1.54) is 5.56 Å². The number of aldehydes is 1. The van der Waals surface area contributed by atoms with Crippen molar-refractivity contribution in [2.45, 2.75) is 13.8 Å². The number of nitrogens with zero attached hydrogens (tertiary/aromatic N) is 4. The number of benzene rings is 1. The van der Waals surface area contributed by atoms with Crippen LogP contribution in [0.2, 0.25) is 0 Å². The Balaban J connectivity index is 2.22. The second kappa shape index (κ2) is 5.28. The van der Waals surface area contributed by atoms with Gasteiger partial charge in [0.05, 0.1) is 5.69 Å². The minimum atomic E-state index is 0.307. The van der Waals surface area contributed by atoms with E-state index in [2.05, 4.69) is 22.2 Å². The third-order valence-corrected chi connectivity index (χ3v) is 3.48. The zero-order valence-electron chi connectivity index (χ0n) is 11.8. The SMILES string of the molecule is Cc1ccc(-n2nnc(C=O)c2-c2cccnc2)cc1C. The first-order valence-corrected chi connectivity index (χ1v) is 6.59. The number of carbonyl (C=O) groups is 1. The van der Waals surface area contributed by atoms with Crippen molar-refractivity contribution in [3.63, 3.8) is 0 Å². The summed E-state index contributed by atoms with van der Waals surface area (Å²) in [7, 11) is 0. The highest BCUT2D eigenvalue weighted by Crippen LogP contribution is 2.24. The second-order valence-corrected chi connectivity index (χ2v) is 4.86. The minimum Gasteiger partial charge on any atom is -0.296 e. The smallest absolute Gasteiger partial charge is 0.172 e. The van der Waals surface area contributed by atoms with E-state index in [1.54, 1.807) is 17.1 Å². The highest BCUT2D eigenvalue weighted by atomic mass is 16.1. The maximum atomic E-state index is 11.2. The molecule has 0 fully saturated rings. The predicted octanol–water partition coefficient (Wildman–Crippen LogP) is 2.76. The van der Waals surface area contributed by atoms with Gasteiger partial charge in [0.1, 0.15) is 5.69 Å². The maximum Gasteiger partial charge on any atom is 0.172 e. The number of aryl methyl sites for hydroxylation is 2. The highest BCUT2D eigenvalue weighted by molar-refractivity contribution is 5.83. The second-order valence-electron chi connectivity index (χ2n) is 4.86. The van der Waals surface area contributed by atoms with Crippen molar-refractivity contribution in [3.05, 3.63) is 59.5 Å². The van der Waals surface area contributed by atoms with E-state index in [0.29, 0.717) is 17.7 Å². The number of carbonyl (C=O) groups excluding carboxylic acids is 1. The van der Waals surface area contributed by atoms with Gasteiger partial charge in [-0.1, -0.05) is 11.3 Å². The number of hydrogen-bond donors (Lipinski definition) is 0. The van der Waals surface area contributed by atoms with Gasteiger partial charge in [-0.25, -0.2) is 4.68 Å². The van der Waals surface area contributed by atoms with Crippen molar-refractivity contribution < 1.29 is 4.79 Å². The Morgan fingerprint density at radius 2 is 2.00 bits per heavy atom. The molecule has 3 rings (SSSR count). The molecule has 0 atom stereocenters. The third kappa shape index (κ3) is 2.33. The van der Waals surface area contributed by atoms with Crippen LogP contribution in [-0.2, 0) is 0 Å². The number of rotatable bonds is 3. The minimum absolute atomic E-state index is 0.307. The summed E-state index contributed by atoms with van der Waals surface area (Å²) in [6.07, 6.45) is 4.10. The van der Waals surface area contributed by atoms with Crippen molar-refractivity contribution >= 4 is 6.29 Å². The van der Waals surface area contributed by atoms with Gasteiger partial charge in [0.15, 0.2) is 12.0 Å². The first-order chi connectivity index (χ1) is 10.2. The molecule has 2 heterocycles. The average molecular weight is 278 g/mol. The summed E-state index contributed by atoms with van der Waals surface area (Å²) in [5, 5.41) is 8.07. The average Bonchev–Trinajstić information content (AvgIpc) is 2.95. The van der Waals surface area contributed by atoms with E-state index >= 15 is 0 Å². The molecule has 0 saturated carbocycles. The zero-order chi connectivity index (χ0) is 14.8. The van der Waals surface area contributed by atoms with E-state index in [9.17, 15) is 4.79 Å². The van der Waals surface area contributed by atoms with Gasteiger partial charge in [-0.2, -0.15) is 0 Å². The summed E-state index contributed by atoms with van der Waals surface area (Å²) in [4.78, 5) is 15.3. The van der Waals surface area contributed by atoms with Gasteiger partial charge in [-0.3, -0.25) is 9.78 Å². The van der Waals surface area contributed by atoms with Crippen LogP contribution < -0.4 is 0 Å². The van der Waals surface area contributed by atoms with Crippen LogP contribution in [0.3, 0.4) is 0 Å². The monoisotopic (exact) mass is 278 g/mol. The normalized spacial score (nSPS) is 10.6. The van der Waals surface area contributed by atoms with Crippen molar-refractivity contribution in [2.24, 2.45) is 0 Å². The van der Waals surface area contributed by atoms with Crippen LogP contribution in [0, 0.1) is 13.8 Å². The van der Waals surface area contributed by atoms with Crippen LogP contribution in [0.5, 0.6) is 0 Å². The molecule has 0 radical (unpaired) electrons. The summed E-state index contributed by atoms with van der Waals surface area (Å²) < 4.78 is 1.67. The Labute approximate surface area is 122 Å². The van der Waals surface area contributed by atoms with Crippen molar-refractivity contribution in [3.8, 4) is 16.9 Å². The molecule has 0 saturated heterocycles. The van der Waals surface area contributed by atoms with Crippen LogP contribution in [0.4, 0.5) is 0 Å². The zero-order valence-corrected chi connectivity index (χ0v) is 11.8. The van der Waals surface area contributed by atoms with Crippen LogP contribution in [0.25, 0.3) is 16.9 Å². The summed E-state index contributed by atoms with van der Waals surface area (Å²) >= 11 is 0. The molecule has 3 aromatic rings. The lowest BCUT2D eigenvalue weighted by Gasteiger charge is -2.08. The fraction of sp³-hybridized carbons (Fsp3) is 0.125. The van der Waals surface area contributed by atoms with Gasteiger partial charge in [0.25, 0.3) is 0 Å². The Hall–Kier alpha value is -2.82. The molecule has 0 aliphatic rings. The largest absolute Gasteiger partial charge is 0.296 e. The predicted molar refractivity (Wildman–Crippen MR) is 79.5 cm³/mol. The van der Waals surface area contributed by atoms with Gasteiger partial charge in [0, 0.05) is 18.0 Å². The van der Waals surface area contributed by atoms with Crippen LogP contribution in [0.1, 0.15) is 21.6 Å². The lowest BCUT2D eigenvalue weighted by molar-refractivity contribution is 0.111. The van der Waals surface area contributed by atoms with Gasteiger partial charge >= 0.3 is 0 Å². The Bertz CT molecular complexity index is 793. The Morgan fingerprint density at radius 3 is 2.67 bits per heavy atom. The topological polar surface area (TPSA) is 60.7 Å². The molecular weight excluding hydrogens is 264 g/mol. The lowest BCUT2D eigenvalue weighted by atomic mass is 10.1. The molecule has 0 spiro atoms. The van der Waals surface area contributed by atoms with Gasteiger partial charge < -0.3 is 0 Å². The summed E-state index contributed by atoms with van der Waals surface area (Å²) in [5.41, 5.74) is 5.01. The quantitative estimate of drug-likeness (QED) is 0.691. The molecule has 0 aliphatic carbocycles. The number of pyridine rings is 1. The molecule has 0 aliphatic heterocycles. The van der Waals surface area contributed by atoms with Crippen LogP contribution in [-0.4, -0.2) is 26.3 Å². The molecule has 2 aromatic heterocycles. The molecule has 0 unspecified atom stereocenters. The van der Waals surface area contributed by atoms with Crippen molar-refractivity contribution in [2.75, 3.05) is 0 Å². The standard InChI is InChI=1S/C16H14N4O/c1-11-5-6-14(8-12(11)2)20-16(15(10-21)18-19-20)13-4-3-7-17-9-13/h3-10H,1-2H3. The molecule has 1 aromatic carbocycles. The lowest BCUT2D eigenvalue weighted by Crippen LogP contribution is -2.01. The van der Waals surface area contributed by atoms with E-state index in [0.717, 1.165) is 16.8 Å². The molecule has 5 nitrogen and oxygen atoms in total. The summed E-state index contributed by atoms with van der Waals surface area (Å²) in [6.45, 7) is 4.10. The fourth-order valence-corrected chi connectivity index (χ4v) is 2.18. The first kappa shape index (κ1) is 13.2. The molecular formula is C16H14N4O. The van der Waals surface area contributed by atoms with E-state index in [1.807, 2.05) is 37.3 Å². The van der Waals surface area contributed by atoms with E-state index in [-0.39, 0.29) is 0 Å². The van der Waals surface area contributed by atoms with E-state index in [4.69, 9.17) is 0 Å². The molecule has 5 heteroatoms. The molecule has 0 N–H and O–H groups in total. The van der Waals surface area contributed by atoms with Crippen molar-refractivity contribution in [1.29, 1.82) is 0 Å². The molecule has 0 bridgehead atoms. The van der Waals surface area contributed by atoms with Gasteiger partial charge in [-0.05, 0) is 49.2 Å². The van der Waals surface area contributed by atoms with Gasteiger partial charge in [0.2, 0.25) is 0 Å². The Morgan fingerprint density at radius 1 is 1.14 bits per heavy atom. The molecule has 0 amide bonds. The summed E-state index contributed by atoms with van der Waals surface area (Å²) in [6, 6.07) is 9.72. The fourth-order valence-electron chi connectivity index (χ4n) is 2.18. The van der Waals surface area contributed by atoms with E-state index < -0.39 is 0 Å². The molecule has 104 valence electrons. The number of aromatic nitrogens is 4. The highest BCUT2D eigenvalue weighted by Gasteiger charge is 2.16. The van der Waals surface area contributed by atoms with Crippen LogP contribution >= 0.6 is 0 Å². The van der Waals surface area contributed by atoms with Crippen LogP contribution in [0.15, 0.2) is 42.7 Å². The maximum absolute atomic E-state index is 11.2. The Kier molecular flexibility index (Phi) is 3.31. The first-order valence-electron chi connectivity index (χ1n) is 6.59. The summed E-state index contributed by atoms with van der Waals surface area (Å²) in [5.74, 6) is 0. The number of hydrogen-bond acceptors (Lipinski definition) is 4. The molecule has 21 heavy (non-hydrogen) atoms.